The molecule has 0 unspecified atom stereocenters. The van der Waals surface area contributed by atoms with E-state index in [4.69, 9.17) is 0 Å². The van der Waals surface area contributed by atoms with E-state index < -0.39 is 21.9 Å². The number of rotatable bonds is 4. The van der Waals surface area contributed by atoms with Gasteiger partial charge in [0.25, 0.3) is 0 Å². The van der Waals surface area contributed by atoms with Gasteiger partial charge in [0.15, 0.2) is 0 Å². The fourth-order valence-electron chi connectivity index (χ4n) is 4.28. The van der Waals surface area contributed by atoms with Crippen LogP contribution in [0.5, 0.6) is 0 Å². The van der Waals surface area contributed by atoms with Crippen molar-refractivity contribution < 1.29 is 15.3 Å². The van der Waals surface area contributed by atoms with E-state index in [1.54, 1.807) is 0 Å². The SMILES string of the molecule is CC1(C)C(C)(C)C1(Br)[C@@H](O)[C@H](O)[C@]1(C)CC=CC[C@H]1CO. The maximum atomic E-state index is 10.9. The fraction of sp³-hybridized carbons (Fsp3) is 0.882. The summed E-state index contributed by atoms with van der Waals surface area (Å²) >= 11 is 3.74. The minimum atomic E-state index is -0.875. The lowest BCUT2D eigenvalue weighted by Crippen LogP contribution is -2.52. The second-order valence-corrected chi connectivity index (χ2v) is 9.40. The van der Waals surface area contributed by atoms with Crippen molar-refractivity contribution in [2.24, 2.45) is 22.2 Å². The molecule has 1 saturated carbocycles. The normalized spacial score (nSPS) is 38.8. The third-order valence-corrected chi connectivity index (χ3v) is 9.45. The summed E-state index contributed by atoms with van der Waals surface area (Å²) in [6.45, 7) is 10.5. The monoisotopic (exact) mass is 360 g/mol. The molecule has 3 nitrogen and oxygen atoms in total. The van der Waals surface area contributed by atoms with Crippen LogP contribution in [0, 0.1) is 22.2 Å². The second kappa shape index (κ2) is 5.05. The number of hydrogen-bond donors (Lipinski definition) is 3. The molecule has 2 rings (SSSR count). The Balaban J connectivity index is 2.28. The van der Waals surface area contributed by atoms with Crippen molar-refractivity contribution in [1.82, 2.24) is 0 Å². The summed E-state index contributed by atoms with van der Waals surface area (Å²) in [5.74, 6) is -0.0202. The van der Waals surface area contributed by atoms with Gasteiger partial charge < -0.3 is 15.3 Å². The predicted octanol–water partition coefficient (Wildman–Crippen LogP) is 2.87. The van der Waals surface area contributed by atoms with Crippen molar-refractivity contribution in [3.05, 3.63) is 12.2 Å². The maximum absolute atomic E-state index is 10.9. The molecular formula is C17H29BrO3. The van der Waals surface area contributed by atoms with Gasteiger partial charge in [0.1, 0.15) is 0 Å². The molecule has 1 fully saturated rings. The molecule has 0 aromatic carbocycles. The lowest BCUT2D eigenvalue weighted by molar-refractivity contribution is -0.0995. The van der Waals surface area contributed by atoms with Crippen LogP contribution < -0.4 is 0 Å². The first kappa shape index (κ1) is 17.5. The van der Waals surface area contributed by atoms with E-state index in [-0.39, 0.29) is 23.4 Å². The molecule has 0 bridgehead atoms. The third kappa shape index (κ3) is 2.02. The highest BCUT2D eigenvalue weighted by Crippen LogP contribution is 2.78. The summed E-state index contributed by atoms with van der Waals surface area (Å²) < 4.78 is -0.503. The van der Waals surface area contributed by atoms with Gasteiger partial charge in [-0.15, -0.1) is 0 Å². The molecule has 0 aliphatic heterocycles. The first-order chi connectivity index (χ1) is 9.48. The Morgan fingerprint density at radius 1 is 1.05 bits per heavy atom. The van der Waals surface area contributed by atoms with Crippen LogP contribution in [0.2, 0.25) is 0 Å². The largest absolute Gasteiger partial charge is 0.396 e. The van der Waals surface area contributed by atoms with Crippen molar-refractivity contribution in [2.75, 3.05) is 6.61 Å². The lowest BCUT2D eigenvalue weighted by atomic mass is 9.65. The van der Waals surface area contributed by atoms with E-state index >= 15 is 0 Å². The van der Waals surface area contributed by atoms with Gasteiger partial charge in [-0.2, -0.15) is 0 Å². The Bertz CT molecular complexity index is 429. The third-order valence-electron chi connectivity index (χ3n) is 7.00. The van der Waals surface area contributed by atoms with E-state index in [2.05, 4.69) is 49.7 Å². The molecule has 4 atom stereocenters. The van der Waals surface area contributed by atoms with Crippen LogP contribution in [-0.4, -0.2) is 38.5 Å². The molecule has 0 aromatic heterocycles. The second-order valence-electron chi connectivity index (χ2n) is 8.15. The Kier molecular flexibility index (Phi) is 4.20. The van der Waals surface area contributed by atoms with Crippen molar-refractivity contribution >= 4 is 15.9 Å². The van der Waals surface area contributed by atoms with Gasteiger partial charge in [-0.25, -0.2) is 0 Å². The summed E-state index contributed by atoms with van der Waals surface area (Å²) in [6, 6.07) is 0. The van der Waals surface area contributed by atoms with E-state index in [1.165, 1.54) is 0 Å². The van der Waals surface area contributed by atoms with E-state index in [9.17, 15) is 15.3 Å². The van der Waals surface area contributed by atoms with Crippen LogP contribution in [0.4, 0.5) is 0 Å². The first-order valence-corrected chi connectivity index (χ1v) is 8.58. The molecule has 3 N–H and O–H groups in total. The quantitative estimate of drug-likeness (QED) is 0.533. The van der Waals surface area contributed by atoms with Crippen molar-refractivity contribution in [3.63, 3.8) is 0 Å². The van der Waals surface area contributed by atoms with Gasteiger partial charge in [-0.05, 0) is 29.6 Å². The van der Waals surface area contributed by atoms with Crippen molar-refractivity contribution in [1.29, 1.82) is 0 Å². The Morgan fingerprint density at radius 2 is 1.57 bits per heavy atom. The summed E-state index contributed by atoms with van der Waals surface area (Å²) in [5, 5.41) is 31.5. The predicted molar refractivity (Wildman–Crippen MR) is 88.3 cm³/mol. The highest BCUT2D eigenvalue weighted by molar-refractivity contribution is 9.10. The van der Waals surface area contributed by atoms with Crippen LogP contribution in [0.25, 0.3) is 0 Å². The molecule has 2 aliphatic carbocycles. The Morgan fingerprint density at radius 3 is 2.00 bits per heavy atom. The molecule has 0 radical (unpaired) electrons. The fourth-order valence-corrected chi connectivity index (χ4v) is 5.43. The van der Waals surface area contributed by atoms with Crippen molar-refractivity contribution in [3.8, 4) is 0 Å². The number of aliphatic hydroxyl groups excluding tert-OH is 3. The summed E-state index contributed by atoms with van der Waals surface area (Å²) in [7, 11) is 0. The van der Waals surface area contributed by atoms with Crippen LogP contribution >= 0.6 is 15.9 Å². The van der Waals surface area contributed by atoms with Crippen molar-refractivity contribution in [2.45, 2.75) is 64.0 Å². The highest BCUT2D eigenvalue weighted by Gasteiger charge is 2.80. The van der Waals surface area contributed by atoms with E-state index in [1.807, 2.05) is 13.0 Å². The average molecular weight is 361 g/mol. The molecule has 4 heteroatoms. The van der Waals surface area contributed by atoms with Gasteiger partial charge in [0.05, 0.1) is 16.5 Å². The molecule has 0 heterocycles. The average Bonchev–Trinajstić information content (AvgIpc) is 2.75. The standard InChI is InChI=1S/C17H29BrO3/c1-14(2)15(3,4)17(14,18)13(21)12(20)16(5)9-7-6-8-11(16)10-19/h6-7,11-13,19-21H,8-10H2,1-5H3/t11-,12-,13-,16+/m0/s1. The topological polar surface area (TPSA) is 60.7 Å². The number of hydrogen-bond acceptors (Lipinski definition) is 3. The molecular weight excluding hydrogens is 332 g/mol. The van der Waals surface area contributed by atoms with E-state index in [0.717, 1.165) is 6.42 Å². The highest BCUT2D eigenvalue weighted by atomic mass is 79.9. The maximum Gasteiger partial charge on any atom is 0.0968 e. The minimum absolute atomic E-state index is 0.0202. The lowest BCUT2D eigenvalue weighted by Gasteiger charge is -2.45. The molecule has 0 spiro atoms. The van der Waals surface area contributed by atoms with Crippen LogP contribution in [0.3, 0.4) is 0 Å². The molecule has 0 amide bonds. The Labute approximate surface area is 136 Å². The van der Waals surface area contributed by atoms with Crippen LogP contribution in [0.15, 0.2) is 12.2 Å². The summed E-state index contributed by atoms with van der Waals surface area (Å²) in [4.78, 5) is 0. The zero-order valence-corrected chi connectivity index (χ0v) is 15.3. The van der Waals surface area contributed by atoms with Gasteiger partial charge >= 0.3 is 0 Å². The summed E-state index contributed by atoms with van der Waals surface area (Å²) in [6.07, 6.45) is 3.79. The Hall–Kier alpha value is 0.100. The van der Waals surface area contributed by atoms with Gasteiger partial charge in [-0.1, -0.05) is 62.7 Å². The van der Waals surface area contributed by atoms with Crippen LogP contribution in [-0.2, 0) is 0 Å². The minimum Gasteiger partial charge on any atom is -0.396 e. The molecule has 0 aromatic rings. The number of halogens is 1. The molecule has 21 heavy (non-hydrogen) atoms. The molecule has 122 valence electrons. The van der Waals surface area contributed by atoms with Gasteiger partial charge in [-0.3, -0.25) is 0 Å². The van der Waals surface area contributed by atoms with Crippen LogP contribution in [0.1, 0.15) is 47.5 Å². The molecule has 0 saturated heterocycles. The van der Waals surface area contributed by atoms with Gasteiger partial charge in [0.2, 0.25) is 0 Å². The van der Waals surface area contributed by atoms with E-state index in [0.29, 0.717) is 6.42 Å². The smallest absolute Gasteiger partial charge is 0.0968 e. The molecule has 2 aliphatic rings. The first-order valence-electron chi connectivity index (χ1n) is 7.79. The zero-order chi connectivity index (χ0) is 16.3. The number of allylic oxidation sites excluding steroid dienone is 2. The number of aliphatic hydroxyl groups is 3. The zero-order valence-electron chi connectivity index (χ0n) is 13.7. The number of alkyl halides is 1. The van der Waals surface area contributed by atoms with Gasteiger partial charge in [0, 0.05) is 12.0 Å². The summed E-state index contributed by atoms with van der Waals surface area (Å²) in [5.41, 5.74) is -0.704.